The highest BCUT2D eigenvalue weighted by Gasteiger charge is 2.31. The van der Waals surface area contributed by atoms with Crippen LogP contribution in [-0.4, -0.2) is 28.0 Å². The predicted molar refractivity (Wildman–Crippen MR) is 105 cm³/mol. The summed E-state index contributed by atoms with van der Waals surface area (Å²) in [5, 5.41) is 5.62. The molecule has 0 saturated heterocycles. The van der Waals surface area contributed by atoms with Crippen LogP contribution >= 0.6 is 11.8 Å². The van der Waals surface area contributed by atoms with Crippen molar-refractivity contribution < 1.29 is 9.53 Å². The van der Waals surface area contributed by atoms with Gasteiger partial charge >= 0.3 is 0 Å². The zero-order valence-electron chi connectivity index (χ0n) is 15.4. The SMILES string of the molecule is CCCOc1ccc([C@H]2SCC(=O)Nc3c2c(=O)[nH]n3[C@H](C)CC)cc1. The summed E-state index contributed by atoms with van der Waals surface area (Å²) in [4.78, 5) is 24.9. The van der Waals surface area contributed by atoms with Gasteiger partial charge in [-0.2, -0.15) is 0 Å². The number of fused-ring (bicyclic) bond motifs is 1. The predicted octanol–water partition coefficient (Wildman–Crippen LogP) is 3.71. The Morgan fingerprint density at radius 1 is 1.27 bits per heavy atom. The van der Waals surface area contributed by atoms with Gasteiger partial charge in [0.05, 0.1) is 23.2 Å². The number of ether oxygens (including phenoxy) is 1. The second-order valence-electron chi connectivity index (χ2n) is 6.49. The molecule has 1 aliphatic heterocycles. The summed E-state index contributed by atoms with van der Waals surface area (Å²) in [6.45, 7) is 6.82. The number of benzene rings is 1. The van der Waals surface area contributed by atoms with Crippen molar-refractivity contribution in [3.8, 4) is 5.75 Å². The molecular weight excluding hydrogens is 350 g/mol. The van der Waals surface area contributed by atoms with E-state index in [1.807, 2.05) is 31.2 Å². The number of carbonyl (C=O) groups is 1. The van der Waals surface area contributed by atoms with Crippen molar-refractivity contribution in [2.24, 2.45) is 0 Å². The molecule has 1 amide bonds. The lowest BCUT2D eigenvalue weighted by Crippen LogP contribution is -2.18. The molecule has 2 heterocycles. The second kappa shape index (κ2) is 8.03. The van der Waals surface area contributed by atoms with Crippen molar-refractivity contribution in [3.63, 3.8) is 0 Å². The van der Waals surface area contributed by atoms with Gasteiger partial charge in [0.2, 0.25) is 5.91 Å². The summed E-state index contributed by atoms with van der Waals surface area (Å²) in [6.07, 6.45) is 1.81. The van der Waals surface area contributed by atoms with Crippen LogP contribution in [0.3, 0.4) is 0 Å². The number of rotatable bonds is 6. The number of aromatic nitrogens is 2. The van der Waals surface area contributed by atoms with E-state index in [0.717, 1.165) is 24.2 Å². The fraction of sp³-hybridized carbons (Fsp3) is 0.474. The van der Waals surface area contributed by atoms with Crippen LogP contribution in [0.5, 0.6) is 5.75 Å². The van der Waals surface area contributed by atoms with Crippen molar-refractivity contribution in [1.82, 2.24) is 9.78 Å². The molecule has 2 N–H and O–H groups in total. The number of nitrogens with zero attached hydrogens (tertiary/aromatic N) is 1. The Morgan fingerprint density at radius 2 is 2.00 bits per heavy atom. The number of H-pyrrole nitrogens is 1. The average molecular weight is 375 g/mol. The van der Waals surface area contributed by atoms with Crippen LogP contribution in [0.25, 0.3) is 0 Å². The first kappa shape index (κ1) is 18.6. The zero-order chi connectivity index (χ0) is 18.7. The first-order chi connectivity index (χ1) is 12.5. The lowest BCUT2D eigenvalue weighted by Gasteiger charge is -2.16. The summed E-state index contributed by atoms with van der Waals surface area (Å²) in [5.74, 6) is 1.64. The Kier molecular flexibility index (Phi) is 5.76. The number of hydrogen-bond acceptors (Lipinski definition) is 4. The van der Waals surface area contributed by atoms with E-state index in [1.54, 1.807) is 4.68 Å². The number of carbonyl (C=O) groups excluding carboxylic acids is 1. The van der Waals surface area contributed by atoms with Gasteiger partial charge in [0.25, 0.3) is 5.56 Å². The number of nitrogens with one attached hydrogen (secondary N) is 2. The smallest absolute Gasteiger partial charge is 0.270 e. The summed E-state index contributed by atoms with van der Waals surface area (Å²) >= 11 is 1.47. The molecule has 2 atom stereocenters. The normalized spacial score (nSPS) is 18.0. The minimum Gasteiger partial charge on any atom is -0.494 e. The number of thioether (sulfide) groups is 1. The Labute approximate surface area is 157 Å². The van der Waals surface area contributed by atoms with E-state index in [1.165, 1.54) is 11.8 Å². The minimum absolute atomic E-state index is 0.0855. The Balaban J connectivity index is 2.00. The molecule has 6 nitrogen and oxygen atoms in total. The summed E-state index contributed by atoms with van der Waals surface area (Å²) in [5.41, 5.74) is 1.46. The number of anilines is 1. The molecule has 2 aromatic rings. The van der Waals surface area contributed by atoms with E-state index in [-0.39, 0.29) is 22.8 Å². The minimum atomic E-state index is -0.196. The highest BCUT2D eigenvalue weighted by molar-refractivity contribution is 8.00. The molecule has 0 bridgehead atoms. The maximum atomic E-state index is 12.7. The highest BCUT2D eigenvalue weighted by Crippen LogP contribution is 2.40. The van der Waals surface area contributed by atoms with Crippen LogP contribution in [0.15, 0.2) is 29.1 Å². The van der Waals surface area contributed by atoms with Gasteiger partial charge in [0.15, 0.2) is 0 Å². The van der Waals surface area contributed by atoms with Gasteiger partial charge in [-0.15, -0.1) is 11.8 Å². The molecule has 1 aromatic heterocycles. The van der Waals surface area contributed by atoms with Crippen LogP contribution < -0.4 is 15.6 Å². The van der Waals surface area contributed by atoms with E-state index in [4.69, 9.17) is 4.74 Å². The zero-order valence-corrected chi connectivity index (χ0v) is 16.2. The van der Waals surface area contributed by atoms with Crippen molar-refractivity contribution in [2.45, 2.75) is 44.9 Å². The third kappa shape index (κ3) is 3.67. The van der Waals surface area contributed by atoms with Gasteiger partial charge in [-0.3, -0.25) is 19.4 Å². The number of amides is 1. The summed E-state index contributed by atoms with van der Waals surface area (Å²) < 4.78 is 7.42. The van der Waals surface area contributed by atoms with Crippen LogP contribution in [0.1, 0.15) is 56.0 Å². The van der Waals surface area contributed by atoms with E-state index in [9.17, 15) is 9.59 Å². The first-order valence-electron chi connectivity index (χ1n) is 9.03. The molecule has 140 valence electrons. The summed E-state index contributed by atoms with van der Waals surface area (Å²) in [7, 11) is 0. The fourth-order valence-corrected chi connectivity index (χ4v) is 4.10. The fourth-order valence-electron chi connectivity index (χ4n) is 2.98. The van der Waals surface area contributed by atoms with Gasteiger partial charge in [-0.05, 0) is 37.5 Å². The molecular formula is C19H25N3O3S. The van der Waals surface area contributed by atoms with Crippen molar-refractivity contribution in [1.29, 1.82) is 0 Å². The Hall–Kier alpha value is -2.15. The molecule has 7 heteroatoms. The molecule has 1 aromatic carbocycles. The van der Waals surface area contributed by atoms with Gasteiger partial charge < -0.3 is 10.1 Å². The molecule has 0 radical (unpaired) electrons. The van der Waals surface area contributed by atoms with Crippen molar-refractivity contribution in [2.75, 3.05) is 17.7 Å². The van der Waals surface area contributed by atoms with E-state index in [2.05, 4.69) is 24.3 Å². The maximum absolute atomic E-state index is 12.7. The first-order valence-corrected chi connectivity index (χ1v) is 10.1. The number of hydrogen-bond donors (Lipinski definition) is 2. The lowest BCUT2D eigenvalue weighted by molar-refractivity contribution is -0.113. The molecule has 0 fully saturated rings. The topological polar surface area (TPSA) is 76.1 Å². The third-order valence-corrected chi connectivity index (χ3v) is 5.82. The van der Waals surface area contributed by atoms with Crippen molar-refractivity contribution >= 4 is 23.5 Å². The van der Waals surface area contributed by atoms with Crippen molar-refractivity contribution in [3.05, 3.63) is 45.7 Å². The molecule has 0 unspecified atom stereocenters. The van der Waals surface area contributed by atoms with Crippen LogP contribution in [0.2, 0.25) is 0 Å². The molecule has 0 aliphatic carbocycles. The maximum Gasteiger partial charge on any atom is 0.270 e. The van der Waals surface area contributed by atoms with E-state index < -0.39 is 0 Å². The highest BCUT2D eigenvalue weighted by atomic mass is 32.2. The standard InChI is InChI=1S/C19H25N3O3S/c1-4-10-25-14-8-6-13(7-9-14)17-16-18(20-15(23)11-26-17)22(12(3)5-2)21-19(16)24/h6-9,12,17H,4-5,10-11H2,1-3H3,(H,20,23)(H,21,24)/t12-,17-/m1/s1. The average Bonchev–Trinajstić information content (AvgIpc) is 2.85. The molecule has 0 saturated carbocycles. The quantitative estimate of drug-likeness (QED) is 0.807. The van der Waals surface area contributed by atoms with Crippen LogP contribution in [0.4, 0.5) is 5.82 Å². The third-order valence-electron chi connectivity index (χ3n) is 4.55. The van der Waals surface area contributed by atoms with Crippen LogP contribution in [0, 0.1) is 0 Å². The second-order valence-corrected chi connectivity index (χ2v) is 7.58. The molecule has 3 rings (SSSR count). The van der Waals surface area contributed by atoms with Gasteiger partial charge in [-0.1, -0.05) is 26.0 Å². The summed E-state index contributed by atoms with van der Waals surface area (Å²) in [6, 6.07) is 7.89. The molecule has 0 spiro atoms. The monoisotopic (exact) mass is 375 g/mol. The molecule has 26 heavy (non-hydrogen) atoms. The Bertz CT molecular complexity index is 826. The van der Waals surface area contributed by atoms with Gasteiger partial charge in [0, 0.05) is 6.04 Å². The Morgan fingerprint density at radius 3 is 2.65 bits per heavy atom. The van der Waals surface area contributed by atoms with Gasteiger partial charge in [0.1, 0.15) is 11.6 Å². The number of aromatic amines is 1. The largest absolute Gasteiger partial charge is 0.494 e. The van der Waals surface area contributed by atoms with Crippen LogP contribution in [-0.2, 0) is 4.79 Å². The lowest BCUT2D eigenvalue weighted by atomic mass is 10.1. The van der Waals surface area contributed by atoms with E-state index >= 15 is 0 Å². The van der Waals surface area contributed by atoms with Gasteiger partial charge in [-0.25, -0.2) is 0 Å². The molecule has 1 aliphatic rings. The van der Waals surface area contributed by atoms with E-state index in [0.29, 0.717) is 23.7 Å².